The predicted octanol–water partition coefficient (Wildman–Crippen LogP) is 6.89. The monoisotopic (exact) mass is 497 g/mol. The van der Waals surface area contributed by atoms with Crippen LogP contribution in [0.4, 0.5) is 13.2 Å². The van der Waals surface area contributed by atoms with Gasteiger partial charge in [0.2, 0.25) is 0 Å². The molecule has 10 heteroatoms. The molecule has 5 nitrogen and oxygen atoms in total. The Labute approximate surface area is 199 Å². The molecule has 0 radical (unpaired) electrons. The number of carbonyl (C=O) groups excluding carboxylic acids is 1. The molecule has 3 aromatic rings. The van der Waals surface area contributed by atoms with E-state index in [9.17, 15) is 18.0 Å². The summed E-state index contributed by atoms with van der Waals surface area (Å²) in [4.78, 5) is 20.6. The molecule has 0 unspecified atom stereocenters. The maximum absolute atomic E-state index is 12.9. The first kappa shape index (κ1) is 25.1. The number of pyridine rings is 1. The van der Waals surface area contributed by atoms with Gasteiger partial charge >= 0.3 is 12.1 Å². The number of hydrogen-bond donors (Lipinski definition) is 0. The van der Waals surface area contributed by atoms with E-state index in [0.29, 0.717) is 23.8 Å². The fraction of sp³-hybridized carbons (Fsp3) is 0.348. The van der Waals surface area contributed by atoms with Gasteiger partial charge in [-0.05, 0) is 45.0 Å². The highest BCUT2D eigenvalue weighted by molar-refractivity contribution is 7.99. The van der Waals surface area contributed by atoms with Crippen LogP contribution in [0, 0.1) is 0 Å². The lowest BCUT2D eigenvalue weighted by Crippen LogP contribution is -2.23. The van der Waals surface area contributed by atoms with Gasteiger partial charge in [-0.2, -0.15) is 13.2 Å². The summed E-state index contributed by atoms with van der Waals surface area (Å²) >= 11 is 7.16. The zero-order valence-corrected chi connectivity index (χ0v) is 19.9. The van der Waals surface area contributed by atoms with Crippen molar-refractivity contribution in [2.75, 3.05) is 0 Å². The molecule has 0 spiro atoms. The average Bonchev–Trinajstić information content (AvgIpc) is 3.11. The van der Waals surface area contributed by atoms with Crippen LogP contribution in [0.1, 0.15) is 39.2 Å². The second kappa shape index (κ2) is 10.2. The molecule has 1 aromatic carbocycles. The van der Waals surface area contributed by atoms with Gasteiger partial charge in [0.1, 0.15) is 10.6 Å². The van der Waals surface area contributed by atoms with E-state index in [1.165, 1.54) is 0 Å². The minimum Gasteiger partial charge on any atom is -0.460 e. The second-order valence-corrected chi connectivity index (χ2v) is 9.63. The summed E-state index contributed by atoms with van der Waals surface area (Å²) in [6.45, 7) is 5.88. The number of imidazole rings is 1. The predicted molar refractivity (Wildman–Crippen MR) is 121 cm³/mol. The molecule has 0 aliphatic rings. The summed E-state index contributed by atoms with van der Waals surface area (Å²) in [7, 11) is 0. The van der Waals surface area contributed by atoms with Crippen molar-refractivity contribution in [3.63, 3.8) is 0 Å². The molecule has 2 heterocycles. The molecular weight excluding hydrogens is 475 g/mol. The largest absolute Gasteiger partial charge is 0.460 e. The summed E-state index contributed by atoms with van der Waals surface area (Å²) in [6.07, 6.45) is -1.21. The summed E-state index contributed by atoms with van der Waals surface area (Å²) in [5.74, 6) is -0.299. The summed E-state index contributed by atoms with van der Waals surface area (Å²) in [5, 5.41) is 0.606. The van der Waals surface area contributed by atoms with Crippen molar-refractivity contribution in [1.82, 2.24) is 14.5 Å². The zero-order chi connectivity index (χ0) is 24.2. The van der Waals surface area contributed by atoms with Gasteiger partial charge < -0.3 is 9.30 Å². The standard InChI is InChI=1S/C23H23ClF3N3O2S/c1-22(2,3)32-19(31)10-7-11-30-14-18(15-8-5-4-6-9-15)29-21(30)33-20-17(24)12-16(13-28-20)23(25,26)27/h4-6,8-9,12-14H,7,10-11H2,1-3H3. The molecule has 33 heavy (non-hydrogen) atoms. The van der Waals surface area contributed by atoms with Crippen LogP contribution in [0.2, 0.25) is 5.02 Å². The van der Waals surface area contributed by atoms with Crippen molar-refractivity contribution < 1.29 is 22.7 Å². The number of ether oxygens (including phenoxy) is 1. The van der Waals surface area contributed by atoms with Crippen LogP contribution in [-0.4, -0.2) is 26.1 Å². The Morgan fingerprint density at radius 2 is 1.88 bits per heavy atom. The van der Waals surface area contributed by atoms with Gasteiger partial charge in [0.15, 0.2) is 5.16 Å². The van der Waals surface area contributed by atoms with Gasteiger partial charge in [-0.1, -0.05) is 41.9 Å². The number of aryl methyl sites for hydroxylation is 1. The number of halogens is 4. The van der Waals surface area contributed by atoms with Gasteiger partial charge in [-0.3, -0.25) is 4.79 Å². The molecule has 0 bridgehead atoms. The summed E-state index contributed by atoms with van der Waals surface area (Å²) < 4.78 is 46.0. The molecule has 3 rings (SSSR count). The molecular formula is C23H23ClF3N3O2S. The molecule has 0 aliphatic heterocycles. The lowest BCUT2D eigenvalue weighted by Gasteiger charge is -2.19. The van der Waals surface area contributed by atoms with E-state index < -0.39 is 17.3 Å². The van der Waals surface area contributed by atoms with Crippen LogP contribution >= 0.6 is 23.4 Å². The fourth-order valence-corrected chi connectivity index (χ4v) is 4.04. The molecule has 0 saturated heterocycles. The first-order chi connectivity index (χ1) is 15.4. The van der Waals surface area contributed by atoms with Crippen molar-refractivity contribution in [3.8, 4) is 11.3 Å². The Bertz CT molecular complexity index is 1110. The summed E-state index contributed by atoms with van der Waals surface area (Å²) in [5.41, 5.74) is 0.108. The lowest BCUT2D eigenvalue weighted by molar-refractivity contribution is -0.155. The van der Waals surface area contributed by atoms with Gasteiger partial charge in [-0.15, -0.1) is 0 Å². The van der Waals surface area contributed by atoms with E-state index in [-0.39, 0.29) is 22.4 Å². The van der Waals surface area contributed by atoms with Crippen LogP contribution in [-0.2, 0) is 22.3 Å². The topological polar surface area (TPSA) is 57.0 Å². The molecule has 0 aliphatic carbocycles. The first-order valence-electron chi connectivity index (χ1n) is 10.2. The van der Waals surface area contributed by atoms with Crippen molar-refractivity contribution >= 4 is 29.3 Å². The number of nitrogens with zero attached hydrogens (tertiary/aromatic N) is 3. The van der Waals surface area contributed by atoms with Crippen LogP contribution in [0.3, 0.4) is 0 Å². The third kappa shape index (κ3) is 7.23. The van der Waals surface area contributed by atoms with Crippen molar-refractivity contribution in [3.05, 3.63) is 59.4 Å². The number of carbonyl (C=O) groups is 1. The highest BCUT2D eigenvalue weighted by Gasteiger charge is 2.31. The quantitative estimate of drug-likeness (QED) is 0.333. The summed E-state index contributed by atoms with van der Waals surface area (Å²) in [6, 6.07) is 10.3. The Morgan fingerprint density at radius 1 is 1.18 bits per heavy atom. The third-order valence-corrected chi connectivity index (χ3v) is 5.76. The molecule has 0 atom stereocenters. The highest BCUT2D eigenvalue weighted by atomic mass is 35.5. The van der Waals surface area contributed by atoms with Crippen LogP contribution in [0.25, 0.3) is 11.3 Å². The highest BCUT2D eigenvalue weighted by Crippen LogP contribution is 2.37. The first-order valence-corrected chi connectivity index (χ1v) is 11.4. The third-order valence-electron chi connectivity index (χ3n) is 4.33. The van der Waals surface area contributed by atoms with E-state index in [0.717, 1.165) is 29.6 Å². The number of benzene rings is 1. The van der Waals surface area contributed by atoms with Crippen molar-refractivity contribution in [2.24, 2.45) is 0 Å². The number of alkyl halides is 3. The maximum atomic E-state index is 12.9. The second-order valence-electron chi connectivity index (χ2n) is 8.27. The Hall–Kier alpha value is -2.52. The van der Waals surface area contributed by atoms with Gasteiger partial charge in [0.05, 0.1) is 16.3 Å². The van der Waals surface area contributed by atoms with E-state index in [1.807, 2.05) is 61.9 Å². The number of rotatable bonds is 7. The minimum absolute atomic E-state index is 0.112. The van der Waals surface area contributed by atoms with E-state index in [2.05, 4.69) is 9.97 Å². The number of hydrogen-bond acceptors (Lipinski definition) is 5. The SMILES string of the molecule is CC(C)(C)OC(=O)CCCn1cc(-c2ccccc2)nc1Sc1ncc(C(F)(F)F)cc1Cl. The van der Waals surface area contributed by atoms with Crippen molar-refractivity contribution in [1.29, 1.82) is 0 Å². The molecule has 0 amide bonds. The number of aromatic nitrogens is 3. The normalized spacial score (nSPS) is 12.1. The van der Waals surface area contributed by atoms with Crippen LogP contribution in [0.15, 0.2) is 59.0 Å². The van der Waals surface area contributed by atoms with E-state index in [1.54, 1.807) is 0 Å². The molecule has 0 N–H and O–H groups in total. The van der Waals surface area contributed by atoms with Crippen LogP contribution in [0.5, 0.6) is 0 Å². The fourth-order valence-electron chi connectivity index (χ4n) is 2.92. The Balaban J connectivity index is 1.82. The van der Waals surface area contributed by atoms with E-state index >= 15 is 0 Å². The van der Waals surface area contributed by atoms with Gasteiger partial charge in [0.25, 0.3) is 0 Å². The lowest BCUT2D eigenvalue weighted by atomic mass is 10.2. The molecule has 2 aromatic heterocycles. The average molecular weight is 498 g/mol. The molecule has 176 valence electrons. The van der Waals surface area contributed by atoms with Gasteiger partial charge in [-0.25, -0.2) is 9.97 Å². The van der Waals surface area contributed by atoms with Gasteiger partial charge in [0, 0.05) is 30.9 Å². The molecule has 0 fully saturated rings. The Morgan fingerprint density at radius 3 is 2.48 bits per heavy atom. The van der Waals surface area contributed by atoms with Crippen molar-refractivity contribution in [2.45, 2.75) is 62.1 Å². The zero-order valence-electron chi connectivity index (χ0n) is 18.3. The number of esters is 1. The maximum Gasteiger partial charge on any atom is 0.417 e. The molecule has 0 saturated carbocycles. The minimum atomic E-state index is -4.53. The smallest absolute Gasteiger partial charge is 0.417 e. The van der Waals surface area contributed by atoms with E-state index in [4.69, 9.17) is 16.3 Å². The van der Waals surface area contributed by atoms with Crippen LogP contribution < -0.4 is 0 Å². The Kier molecular flexibility index (Phi) is 7.74.